The lowest BCUT2D eigenvalue weighted by Crippen LogP contribution is -2.34. The highest BCUT2D eigenvalue weighted by Gasteiger charge is 2.39. The third kappa shape index (κ3) is 4.74. The van der Waals surface area contributed by atoms with Crippen LogP contribution in [0.5, 0.6) is 5.75 Å². The molecule has 0 saturated heterocycles. The van der Waals surface area contributed by atoms with Crippen LogP contribution >= 0.6 is 0 Å². The van der Waals surface area contributed by atoms with Gasteiger partial charge in [-0.25, -0.2) is 0 Å². The summed E-state index contributed by atoms with van der Waals surface area (Å²) >= 11 is 0. The minimum atomic E-state index is -0.300. The summed E-state index contributed by atoms with van der Waals surface area (Å²) < 4.78 is 5.22. The second-order valence-electron chi connectivity index (χ2n) is 8.91. The minimum absolute atomic E-state index is 0.270. The second-order valence-corrected chi connectivity index (χ2v) is 8.91. The zero-order valence-corrected chi connectivity index (χ0v) is 20.4. The molecule has 0 aromatic heterocycles. The molecule has 0 saturated carbocycles. The molecule has 5 heteroatoms. The molecule has 0 aliphatic carbocycles. The summed E-state index contributed by atoms with van der Waals surface area (Å²) in [6.07, 6.45) is 0.568. The molecule has 1 aliphatic rings. The Balaban J connectivity index is 1.67. The number of hydrogen-bond acceptors (Lipinski definition) is 4. The molecule has 3 aromatic carbocycles. The van der Waals surface area contributed by atoms with E-state index in [9.17, 15) is 9.59 Å². The number of nitrogens with one attached hydrogen (secondary N) is 1. The Morgan fingerprint density at radius 3 is 2.09 bits per heavy atom. The van der Waals surface area contributed by atoms with Crippen molar-refractivity contribution >= 4 is 23.1 Å². The predicted molar refractivity (Wildman–Crippen MR) is 136 cm³/mol. The normalized spacial score (nSPS) is 13.6. The molecular weight excluding hydrogens is 424 g/mol. The number of carbonyl (C=O) groups is 2. The fourth-order valence-corrected chi connectivity index (χ4v) is 4.28. The number of hydrogen-bond donors (Lipinski definition) is 1. The number of rotatable bonds is 7. The van der Waals surface area contributed by atoms with E-state index >= 15 is 0 Å². The van der Waals surface area contributed by atoms with Gasteiger partial charge in [0.25, 0.3) is 11.8 Å². The number of aryl methyl sites for hydroxylation is 4. The number of methoxy groups -OCH3 is 1. The van der Waals surface area contributed by atoms with Gasteiger partial charge in [0.1, 0.15) is 11.4 Å². The SMILES string of the molecule is COc1ccc(CCN2C(=O)C(Nc3cc(C)cc(C)c3)=C(c3ccc(C)c(C)c3)C2=O)cc1. The summed E-state index contributed by atoms with van der Waals surface area (Å²) in [5.74, 6) is 0.204. The Hall–Kier alpha value is -3.86. The summed E-state index contributed by atoms with van der Waals surface area (Å²) in [6.45, 7) is 8.37. The van der Waals surface area contributed by atoms with Crippen LogP contribution in [-0.4, -0.2) is 30.4 Å². The maximum absolute atomic E-state index is 13.6. The van der Waals surface area contributed by atoms with Crippen LogP contribution < -0.4 is 10.1 Å². The van der Waals surface area contributed by atoms with E-state index in [2.05, 4.69) is 11.4 Å². The third-order valence-electron chi connectivity index (χ3n) is 6.24. The Morgan fingerprint density at radius 1 is 0.794 bits per heavy atom. The first-order valence-electron chi connectivity index (χ1n) is 11.4. The summed E-state index contributed by atoms with van der Waals surface area (Å²) in [5.41, 5.74) is 7.72. The molecule has 1 heterocycles. The molecule has 0 atom stereocenters. The molecule has 1 aliphatic heterocycles. The van der Waals surface area contributed by atoms with Crippen LogP contribution in [0, 0.1) is 27.7 Å². The highest BCUT2D eigenvalue weighted by Crippen LogP contribution is 2.32. The largest absolute Gasteiger partial charge is 0.497 e. The van der Waals surface area contributed by atoms with E-state index in [0.29, 0.717) is 24.2 Å². The molecule has 0 radical (unpaired) electrons. The maximum atomic E-state index is 13.6. The molecule has 0 bridgehead atoms. The molecule has 0 spiro atoms. The first-order valence-corrected chi connectivity index (χ1v) is 11.4. The van der Waals surface area contributed by atoms with Crippen LogP contribution in [-0.2, 0) is 16.0 Å². The van der Waals surface area contributed by atoms with Gasteiger partial charge in [0, 0.05) is 12.2 Å². The first-order chi connectivity index (χ1) is 16.3. The molecule has 1 N–H and O–H groups in total. The molecular formula is C29H30N2O3. The van der Waals surface area contributed by atoms with Gasteiger partial charge >= 0.3 is 0 Å². The number of ether oxygens (including phenoxy) is 1. The van der Waals surface area contributed by atoms with E-state index in [0.717, 1.165) is 44.8 Å². The van der Waals surface area contributed by atoms with Crippen LogP contribution in [0.25, 0.3) is 5.57 Å². The van der Waals surface area contributed by atoms with Crippen LogP contribution in [0.1, 0.15) is 33.4 Å². The van der Waals surface area contributed by atoms with Gasteiger partial charge in [-0.05, 0) is 91.8 Å². The molecule has 0 unspecified atom stereocenters. The van der Waals surface area contributed by atoms with E-state index in [1.54, 1.807) is 7.11 Å². The quantitative estimate of drug-likeness (QED) is 0.488. The van der Waals surface area contributed by atoms with Crippen molar-refractivity contribution < 1.29 is 14.3 Å². The zero-order valence-electron chi connectivity index (χ0n) is 20.4. The van der Waals surface area contributed by atoms with E-state index in [1.807, 2.05) is 82.3 Å². The topological polar surface area (TPSA) is 58.6 Å². The van der Waals surface area contributed by atoms with Gasteiger partial charge in [0.15, 0.2) is 0 Å². The molecule has 174 valence electrons. The number of benzene rings is 3. The van der Waals surface area contributed by atoms with Crippen LogP contribution in [0.4, 0.5) is 5.69 Å². The number of nitrogens with zero attached hydrogens (tertiary/aromatic N) is 1. The first kappa shape index (κ1) is 23.3. The Kier molecular flexibility index (Phi) is 6.55. The molecule has 34 heavy (non-hydrogen) atoms. The van der Waals surface area contributed by atoms with E-state index < -0.39 is 0 Å². The molecule has 5 nitrogen and oxygen atoms in total. The Labute approximate surface area is 201 Å². The summed E-state index contributed by atoms with van der Waals surface area (Å²) in [7, 11) is 1.63. The van der Waals surface area contributed by atoms with Gasteiger partial charge in [0.05, 0.1) is 12.7 Å². The van der Waals surface area contributed by atoms with Crippen LogP contribution in [0.3, 0.4) is 0 Å². The second kappa shape index (κ2) is 9.56. The molecule has 0 fully saturated rings. The average molecular weight is 455 g/mol. The molecule has 2 amide bonds. The van der Waals surface area contributed by atoms with Gasteiger partial charge in [-0.1, -0.05) is 36.4 Å². The Morgan fingerprint density at radius 2 is 1.47 bits per heavy atom. The van der Waals surface area contributed by atoms with Gasteiger partial charge in [-0.3, -0.25) is 14.5 Å². The average Bonchev–Trinajstić information content (AvgIpc) is 3.03. The van der Waals surface area contributed by atoms with Crippen molar-refractivity contribution in [2.45, 2.75) is 34.1 Å². The third-order valence-corrected chi connectivity index (χ3v) is 6.24. The number of imide groups is 1. The maximum Gasteiger partial charge on any atom is 0.278 e. The number of amides is 2. The zero-order chi connectivity index (χ0) is 24.4. The lowest BCUT2D eigenvalue weighted by Gasteiger charge is -2.16. The standard InChI is InChI=1S/C29H30N2O3/c1-18-14-19(2)16-24(15-18)30-27-26(23-9-6-20(3)21(4)17-23)28(32)31(29(27)33)13-12-22-7-10-25(34-5)11-8-22/h6-11,14-17,30H,12-13H2,1-5H3. The van der Waals surface area contributed by atoms with Crippen LogP contribution in [0.15, 0.2) is 66.4 Å². The lowest BCUT2D eigenvalue weighted by atomic mass is 9.99. The lowest BCUT2D eigenvalue weighted by molar-refractivity contribution is -0.136. The van der Waals surface area contributed by atoms with E-state index in [-0.39, 0.29) is 11.8 Å². The van der Waals surface area contributed by atoms with E-state index in [1.165, 1.54) is 4.90 Å². The number of anilines is 1. The predicted octanol–water partition coefficient (Wildman–Crippen LogP) is 5.36. The smallest absolute Gasteiger partial charge is 0.278 e. The molecule has 4 rings (SSSR count). The van der Waals surface area contributed by atoms with Crippen molar-refractivity contribution in [1.29, 1.82) is 0 Å². The fourth-order valence-electron chi connectivity index (χ4n) is 4.28. The summed E-state index contributed by atoms with van der Waals surface area (Å²) in [4.78, 5) is 28.4. The summed E-state index contributed by atoms with van der Waals surface area (Å²) in [5, 5.41) is 3.28. The molecule has 3 aromatic rings. The number of carbonyl (C=O) groups excluding carboxylic acids is 2. The van der Waals surface area contributed by atoms with E-state index in [4.69, 9.17) is 4.74 Å². The monoisotopic (exact) mass is 454 g/mol. The van der Waals surface area contributed by atoms with Gasteiger partial charge < -0.3 is 10.1 Å². The van der Waals surface area contributed by atoms with Crippen molar-refractivity contribution in [3.63, 3.8) is 0 Å². The fraction of sp³-hybridized carbons (Fsp3) is 0.241. The Bertz CT molecular complexity index is 1270. The van der Waals surface area contributed by atoms with Crippen molar-refractivity contribution in [2.75, 3.05) is 19.0 Å². The highest BCUT2D eigenvalue weighted by molar-refractivity contribution is 6.36. The highest BCUT2D eigenvalue weighted by atomic mass is 16.5. The van der Waals surface area contributed by atoms with Crippen molar-refractivity contribution in [3.05, 3.63) is 99.7 Å². The summed E-state index contributed by atoms with van der Waals surface area (Å²) in [6, 6.07) is 19.6. The van der Waals surface area contributed by atoms with Crippen LogP contribution in [0.2, 0.25) is 0 Å². The van der Waals surface area contributed by atoms with Gasteiger partial charge in [0.2, 0.25) is 0 Å². The van der Waals surface area contributed by atoms with Crippen molar-refractivity contribution in [2.24, 2.45) is 0 Å². The van der Waals surface area contributed by atoms with Crippen molar-refractivity contribution in [1.82, 2.24) is 4.90 Å². The van der Waals surface area contributed by atoms with Crippen molar-refractivity contribution in [3.8, 4) is 5.75 Å². The minimum Gasteiger partial charge on any atom is -0.497 e. The van der Waals surface area contributed by atoms with Gasteiger partial charge in [-0.2, -0.15) is 0 Å². The van der Waals surface area contributed by atoms with Gasteiger partial charge in [-0.15, -0.1) is 0 Å².